The zero-order valence-electron chi connectivity index (χ0n) is 15.1. The first-order valence-electron chi connectivity index (χ1n) is 8.72. The van der Waals surface area contributed by atoms with Gasteiger partial charge in [-0.3, -0.25) is 0 Å². The highest BCUT2D eigenvalue weighted by Crippen LogP contribution is 2.18. The first-order valence-corrected chi connectivity index (χ1v) is 11.7. The van der Waals surface area contributed by atoms with Crippen molar-refractivity contribution in [3.8, 4) is 0 Å². The van der Waals surface area contributed by atoms with Crippen LogP contribution in [-0.4, -0.2) is 28.6 Å². The van der Waals surface area contributed by atoms with Gasteiger partial charge in [-0.25, -0.2) is 13.1 Å². The van der Waals surface area contributed by atoms with Crippen molar-refractivity contribution in [2.75, 3.05) is 6.54 Å². The van der Waals surface area contributed by atoms with Gasteiger partial charge in [0.05, 0.1) is 10.1 Å². The lowest BCUT2D eigenvalue weighted by atomic mass is 10.1. The molecule has 0 fully saturated rings. The third-order valence-electron chi connectivity index (χ3n) is 4.32. The SMILES string of the molecule is Cc1ccc(S(=O)(=O)NCCCC(CCc2ccccc2)S(=O)(=O)F)cc1. The summed E-state index contributed by atoms with van der Waals surface area (Å²) in [5, 5.41) is -1.14. The Hall–Kier alpha value is -1.77. The number of aryl methyl sites for hydroxylation is 2. The summed E-state index contributed by atoms with van der Waals surface area (Å²) in [7, 11) is -8.34. The smallest absolute Gasteiger partial charge is 0.211 e. The third kappa shape index (κ3) is 7.04. The van der Waals surface area contributed by atoms with Crippen LogP contribution < -0.4 is 4.72 Å². The van der Waals surface area contributed by atoms with Crippen molar-refractivity contribution in [2.24, 2.45) is 0 Å². The van der Waals surface area contributed by atoms with Gasteiger partial charge in [-0.1, -0.05) is 48.0 Å². The van der Waals surface area contributed by atoms with Gasteiger partial charge >= 0.3 is 10.2 Å². The molecule has 0 aliphatic heterocycles. The van der Waals surface area contributed by atoms with Crippen LogP contribution >= 0.6 is 0 Å². The summed E-state index contributed by atoms with van der Waals surface area (Å²) in [6.07, 6.45) is 0.896. The van der Waals surface area contributed by atoms with Crippen LogP contribution in [0.3, 0.4) is 0 Å². The normalized spacial score (nSPS) is 13.4. The van der Waals surface area contributed by atoms with Crippen LogP contribution in [0.25, 0.3) is 0 Å². The van der Waals surface area contributed by atoms with Crippen LogP contribution in [0.2, 0.25) is 0 Å². The van der Waals surface area contributed by atoms with Crippen LogP contribution in [0.15, 0.2) is 59.5 Å². The maximum absolute atomic E-state index is 13.6. The monoisotopic (exact) mass is 413 g/mol. The number of hydrogen-bond donors (Lipinski definition) is 1. The van der Waals surface area contributed by atoms with Crippen LogP contribution in [0.4, 0.5) is 3.89 Å². The molecule has 1 atom stereocenters. The molecule has 0 bridgehead atoms. The highest BCUT2D eigenvalue weighted by molar-refractivity contribution is 7.89. The summed E-state index contributed by atoms with van der Waals surface area (Å²) in [5.74, 6) is 0. The maximum atomic E-state index is 13.6. The zero-order chi connectivity index (χ0) is 19.9. The molecule has 8 heteroatoms. The van der Waals surface area contributed by atoms with E-state index >= 15 is 0 Å². The van der Waals surface area contributed by atoms with Crippen molar-refractivity contribution >= 4 is 20.2 Å². The van der Waals surface area contributed by atoms with Crippen molar-refractivity contribution in [3.63, 3.8) is 0 Å². The number of sulfonamides is 1. The molecular formula is C19H24FNO4S2. The molecule has 0 saturated carbocycles. The lowest BCUT2D eigenvalue weighted by Crippen LogP contribution is -2.26. The molecule has 0 aliphatic carbocycles. The lowest BCUT2D eigenvalue weighted by molar-refractivity contribution is 0.510. The standard InChI is InChI=1S/C19H24FNO4S2/c1-16-9-12-19(13-10-16)27(24,25)21-15-5-8-18(26(20,22)23)14-11-17-6-3-2-4-7-17/h2-4,6-7,9-10,12-13,18,21H,5,8,11,14-15H2,1H3. The molecule has 2 rings (SSSR count). The van der Waals surface area contributed by atoms with Gasteiger partial charge in [-0.05, 0) is 50.3 Å². The summed E-state index contributed by atoms with van der Waals surface area (Å²) in [6.45, 7) is 1.91. The quantitative estimate of drug-likeness (QED) is 0.478. The Labute approximate surface area is 160 Å². The number of benzene rings is 2. The van der Waals surface area contributed by atoms with E-state index in [1.807, 2.05) is 37.3 Å². The first-order chi connectivity index (χ1) is 12.7. The topological polar surface area (TPSA) is 80.3 Å². The van der Waals surface area contributed by atoms with Crippen molar-refractivity contribution in [1.82, 2.24) is 4.72 Å². The minimum Gasteiger partial charge on any atom is -0.211 e. The molecule has 27 heavy (non-hydrogen) atoms. The Balaban J connectivity index is 1.87. The van der Waals surface area contributed by atoms with Gasteiger partial charge in [0.25, 0.3) is 0 Å². The molecule has 0 aromatic heterocycles. The molecule has 1 N–H and O–H groups in total. The fraction of sp³-hybridized carbons (Fsp3) is 0.368. The van der Waals surface area contributed by atoms with E-state index < -0.39 is 25.5 Å². The van der Waals surface area contributed by atoms with Crippen molar-refractivity contribution in [2.45, 2.75) is 42.8 Å². The summed E-state index contributed by atoms with van der Waals surface area (Å²) in [5.41, 5.74) is 1.88. The summed E-state index contributed by atoms with van der Waals surface area (Å²) in [4.78, 5) is 0.145. The van der Waals surface area contributed by atoms with Gasteiger partial charge < -0.3 is 0 Å². The predicted molar refractivity (Wildman–Crippen MR) is 104 cm³/mol. The van der Waals surface area contributed by atoms with Crippen molar-refractivity contribution in [1.29, 1.82) is 0 Å². The molecule has 0 radical (unpaired) electrons. The summed E-state index contributed by atoms with van der Waals surface area (Å²) in [6, 6.07) is 15.7. The average molecular weight is 414 g/mol. The van der Waals surface area contributed by atoms with E-state index in [4.69, 9.17) is 0 Å². The Morgan fingerprint density at radius 2 is 1.56 bits per heavy atom. The zero-order valence-corrected chi connectivity index (χ0v) is 16.8. The summed E-state index contributed by atoms with van der Waals surface area (Å²) < 4.78 is 63.2. The van der Waals surface area contributed by atoms with Crippen molar-refractivity contribution < 1.29 is 20.7 Å². The molecule has 148 valence electrons. The number of hydrogen-bond acceptors (Lipinski definition) is 4. The van der Waals surface area contributed by atoms with E-state index in [-0.39, 0.29) is 30.7 Å². The van der Waals surface area contributed by atoms with Gasteiger partial charge in [-0.2, -0.15) is 8.42 Å². The molecular weight excluding hydrogens is 389 g/mol. The Morgan fingerprint density at radius 3 is 2.15 bits per heavy atom. The van der Waals surface area contributed by atoms with E-state index in [9.17, 15) is 20.7 Å². The van der Waals surface area contributed by atoms with Crippen LogP contribution in [0.5, 0.6) is 0 Å². The second-order valence-electron chi connectivity index (χ2n) is 6.47. The molecule has 0 heterocycles. The largest absolute Gasteiger partial charge is 0.305 e. The molecule has 2 aromatic rings. The fourth-order valence-corrected chi connectivity index (χ4v) is 4.66. The maximum Gasteiger partial charge on any atom is 0.305 e. The second-order valence-corrected chi connectivity index (χ2v) is 9.86. The van der Waals surface area contributed by atoms with E-state index in [1.165, 1.54) is 12.1 Å². The molecule has 2 aromatic carbocycles. The number of halogens is 1. The second kappa shape index (κ2) is 9.43. The Kier molecular flexibility index (Phi) is 7.52. The van der Waals surface area contributed by atoms with Gasteiger partial charge in [0.2, 0.25) is 10.0 Å². The van der Waals surface area contributed by atoms with Crippen molar-refractivity contribution in [3.05, 3.63) is 65.7 Å². The highest BCUT2D eigenvalue weighted by Gasteiger charge is 2.24. The molecule has 0 aliphatic rings. The highest BCUT2D eigenvalue weighted by atomic mass is 32.3. The minimum absolute atomic E-state index is 0.0492. The van der Waals surface area contributed by atoms with E-state index in [0.717, 1.165) is 11.1 Å². The van der Waals surface area contributed by atoms with Gasteiger partial charge in [0.1, 0.15) is 0 Å². The van der Waals surface area contributed by atoms with Gasteiger partial charge in [0, 0.05) is 6.54 Å². The van der Waals surface area contributed by atoms with Crippen LogP contribution in [0, 0.1) is 6.92 Å². The predicted octanol–water partition coefficient (Wildman–Crippen LogP) is 3.35. The molecule has 1 unspecified atom stereocenters. The molecule has 0 saturated heterocycles. The van der Waals surface area contributed by atoms with Gasteiger partial charge in [-0.15, -0.1) is 3.89 Å². The number of rotatable bonds is 10. The molecule has 0 spiro atoms. The molecule has 5 nitrogen and oxygen atoms in total. The Bertz CT molecular complexity index is 927. The van der Waals surface area contributed by atoms with E-state index in [0.29, 0.717) is 6.42 Å². The summed E-state index contributed by atoms with van der Waals surface area (Å²) >= 11 is 0. The minimum atomic E-state index is -4.69. The van der Waals surface area contributed by atoms with Crippen LogP contribution in [-0.2, 0) is 26.7 Å². The van der Waals surface area contributed by atoms with Crippen LogP contribution in [0.1, 0.15) is 30.4 Å². The average Bonchev–Trinajstić information content (AvgIpc) is 2.61. The molecule has 0 amide bonds. The number of nitrogens with one attached hydrogen (secondary N) is 1. The van der Waals surface area contributed by atoms with Gasteiger partial charge in [0.15, 0.2) is 0 Å². The van der Waals surface area contributed by atoms with E-state index in [1.54, 1.807) is 12.1 Å². The first kappa shape index (κ1) is 21.5. The fourth-order valence-electron chi connectivity index (χ4n) is 2.74. The lowest BCUT2D eigenvalue weighted by Gasteiger charge is -2.13. The third-order valence-corrected chi connectivity index (χ3v) is 7.07. The Morgan fingerprint density at radius 1 is 0.926 bits per heavy atom. The van der Waals surface area contributed by atoms with E-state index in [2.05, 4.69) is 4.72 Å².